The molecular formula is C16H14ClNO2. The molecule has 0 fully saturated rings. The van der Waals surface area contributed by atoms with Crippen LogP contribution in [-0.2, 0) is 6.54 Å². The standard InChI is InChI=1S/C16H14ClNO2/c1-3-11-5-4-6-14(7-11)18-10-12-8-13(17)9-15(20-2)16(12)19/h1,4-9,18-19H,10H2,2H3. The summed E-state index contributed by atoms with van der Waals surface area (Å²) in [6.07, 6.45) is 5.36. The molecule has 0 amide bonds. The van der Waals surface area contributed by atoms with E-state index in [4.69, 9.17) is 22.8 Å². The van der Waals surface area contributed by atoms with Crippen molar-refractivity contribution in [3.8, 4) is 23.8 Å². The number of phenols is 1. The number of hydrogen-bond acceptors (Lipinski definition) is 3. The molecule has 0 heterocycles. The van der Waals surface area contributed by atoms with Gasteiger partial charge in [0.05, 0.1) is 7.11 Å². The van der Waals surface area contributed by atoms with E-state index in [1.807, 2.05) is 24.3 Å². The van der Waals surface area contributed by atoms with Crippen molar-refractivity contribution < 1.29 is 9.84 Å². The number of methoxy groups -OCH3 is 1. The Labute approximate surface area is 123 Å². The van der Waals surface area contributed by atoms with E-state index in [1.165, 1.54) is 7.11 Å². The SMILES string of the molecule is C#Cc1cccc(NCc2cc(Cl)cc(OC)c2O)c1. The van der Waals surface area contributed by atoms with E-state index in [1.54, 1.807) is 12.1 Å². The van der Waals surface area contributed by atoms with Gasteiger partial charge in [0.15, 0.2) is 11.5 Å². The fraction of sp³-hybridized carbons (Fsp3) is 0.125. The van der Waals surface area contributed by atoms with Crippen LogP contribution in [0.25, 0.3) is 0 Å². The first-order chi connectivity index (χ1) is 9.63. The molecule has 0 aliphatic heterocycles. The second-order valence-electron chi connectivity index (χ2n) is 4.19. The number of ether oxygens (including phenoxy) is 1. The van der Waals surface area contributed by atoms with Crippen LogP contribution in [0.5, 0.6) is 11.5 Å². The van der Waals surface area contributed by atoms with Crippen LogP contribution >= 0.6 is 11.6 Å². The first kappa shape index (κ1) is 14.1. The molecule has 2 N–H and O–H groups in total. The number of hydrogen-bond donors (Lipinski definition) is 2. The Kier molecular flexibility index (Phi) is 4.39. The van der Waals surface area contributed by atoms with Gasteiger partial charge in [-0.1, -0.05) is 23.6 Å². The fourth-order valence-corrected chi connectivity index (χ4v) is 2.07. The Morgan fingerprint density at radius 3 is 2.85 bits per heavy atom. The Balaban J connectivity index is 2.18. The zero-order valence-corrected chi connectivity index (χ0v) is 11.7. The molecular weight excluding hydrogens is 274 g/mol. The van der Waals surface area contributed by atoms with Gasteiger partial charge in [-0.25, -0.2) is 0 Å². The van der Waals surface area contributed by atoms with Crippen LogP contribution in [0.4, 0.5) is 5.69 Å². The first-order valence-electron chi connectivity index (χ1n) is 6.00. The van der Waals surface area contributed by atoms with Gasteiger partial charge < -0.3 is 15.2 Å². The van der Waals surface area contributed by atoms with Crippen LogP contribution in [-0.4, -0.2) is 12.2 Å². The molecule has 0 spiro atoms. The Morgan fingerprint density at radius 2 is 2.15 bits per heavy atom. The fourth-order valence-electron chi connectivity index (χ4n) is 1.83. The van der Waals surface area contributed by atoms with Crippen LogP contribution in [0.15, 0.2) is 36.4 Å². The molecule has 2 rings (SSSR count). The molecule has 3 nitrogen and oxygen atoms in total. The lowest BCUT2D eigenvalue weighted by Gasteiger charge is -2.12. The third-order valence-electron chi connectivity index (χ3n) is 2.85. The van der Waals surface area contributed by atoms with Crippen molar-refractivity contribution in [3.05, 3.63) is 52.5 Å². The van der Waals surface area contributed by atoms with Crippen molar-refractivity contribution in [3.63, 3.8) is 0 Å². The van der Waals surface area contributed by atoms with Crippen LogP contribution in [0.3, 0.4) is 0 Å². The largest absolute Gasteiger partial charge is 0.504 e. The number of terminal acetylenes is 1. The number of aromatic hydroxyl groups is 1. The van der Waals surface area contributed by atoms with E-state index in [0.29, 0.717) is 22.9 Å². The predicted molar refractivity (Wildman–Crippen MR) is 81.4 cm³/mol. The van der Waals surface area contributed by atoms with E-state index in [0.717, 1.165) is 11.3 Å². The molecule has 0 saturated heterocycles. The van der Waals surface area contributed by atoms with E-state index >= 15 is 0 Å². The maximum absolute atomic E-state index is 10.0. The third-order valence-corrected chi connectivity index (χ3v) is 3.07. The van der Waals surface area contributed by atoms with Gasteiger partial charge in [0.2, 0.25) is 0 Å². The lowest BCUT2D eigenvalue weighted by molar-refractivity contribution is 0.371. The molecule has 0 aliphatic rings. The third kappa shape index (κ3) is 3.17. The van der Waals surface area contributed by atoms with Crippen molar-refractivity contribution in [2.75, 3.05) is 12.4 Å². The lowest BCUT2D eigenvalue weighted by atomic mass is 10.1. The number of anilines is 1. The van der Waals surface area contributed by atoms with Gasteiger partial charge in [0.1, 0.15) is 0 Å². The minimum atomic E-state index is 0.0810. The van der Waals surface area contributed by atoms with Gasteiger partial charge in [0, 0.05) is 34.4 Å². The smallest absolute Gasteiger partial charge is 0.162 e. The normalized spacial score (nSPS) is 9.85. The molecule has 0 unspecified atom stereocenters. The van der Waals surface area contributed by atoms with E-state index in [2.05, 4.69) is 11.2 Å². The summed E-state index contributed by atoms with van der Waals surface area (Å²) in [5.41, 5.74) is 2.32. The number of phenolic OH excluding ortho intramolecular Hbond substituents is 1. The van der Waals surface area contributed by atoms with Crippen molar-refractivity contribution in [2.45, 2.75) is 6.54 Å². The predicted octanol–water partition coefficient (Wildman–Crippen LogP) is 3.65. The van der Waals surface area contributed by atoms with Crippen LogP contribution < -0.4 is 10.1 Å². The highest BCUT2D eigenvalue weighted by Crippen LogP contribution is 2.33. The maximum atomic E-state index is 10.0. The summed E-state index contributed by atoms with van der Waals surface area (Å²) >= 11 is 5.98. The molecule has 2 aromatic rings. The molecule has 2 aromatic carbocycles. The summed E-state index contributed by atoms with van der Waals surface area (Å²) in [6, 6.07) is 10.7. The molecule has 0 aromatic heterocycles. The number of rotatable bonds is 4. The van der Waals surface area contributed by atoms with Gasteiger partial charge in [-0.15, -0.1) is 6.42 Å². The highest BCUT2D eigenvalue weighted by molar-refractivity contribution is 6.30. The van der Waals surface area contributed by atoms with Gasteiger partial charge in [0.25, 0.3) is 0 Å². The summed E-state index contributed by atoms with van der Waals surface area (Å²) in [7, 11) is 1.49. The van der Waals surface area contributed by atoms with Gasteiger partial charge in [-0.05, 0) is 24.3 Å². The zero-order valence-electron chi connectivity index (χ0n) is 11.0. The maximum Gasteiger partial charge on any atom is 0.162 e. The molecule has 0 bridgehead atoms. The Hall–Kier alpha value is -2.31. The molecule has 20 heavy (non-hydrogen) atoms. The summed E-state index contributed by atoms with van der Waals surface area (Å²) < 4.78 is 5.07. The second-order valence-corrected chi connectivity index (χ2v) is 4.63. The van der Waals surface area contributed by atoms with Crippen molar-refractivity contribution in [2.24, 2.45) is 0 Å². The molecule has 4 heteroatoms. The monoisotopic (exact) mass is 287 g/mol. The topological polar surface area (TPSA) is 41.5 Å². The van der Waals surface area contributed by atoms with Crippen molar-refractivity contribution >= 4 is 17.3 Å². The van der Waals surface area contributed by atoms with Crippen LogP contribution in [0.2, 0.25) is 5.02 Å². The van der Waals surface area contributed by atoms with Gasteiger partial charge in [-0.3, -0.25) is 0 Å². The van der Waals surface area contributed by atoms with E-state index < -0.39 is 0 Å². The zero-order chi connectivity index (χ0) is 14.5. The molecule has 0 radical (unpaired) electrons. The average Bonchev–Trinajstić information content (AvgIpc) is 2.48. The molecule has 0 saturated carbocycles. The second kappa shape index (κ2) is 6.23. The van der Waals surface area contributed by atoms with Gasteiger partial charge in [-0.2, -0.15) is 0 Å². The van der Waals surface area contributed by atoms with Crippen molar-refractivity contribution in [1.82, 2.24) is 0 Å². The summed E-state index contributed by atoms with van der Waals surface area (Å²) in [5.74, 6) is 3.01. The lowest BCUT2D eigenvalue weighted by Crippen LogP contribution is -2.01. The minimum absolute atomic E-state index is 0.0810. The number of benzene rings is 2. The highest BCUT2D eigenvalue weighted by atomic mass is 35.5. The van der Waals surface area contributed by atoms with Gasteiger partial charge >= 0.3 is 0 Å². The summed E-state index contributed by atoms with van der Waals surface area (Å²) in [6.45, 7) is 0.413. The summed E-state index contributed by atoms with van der Waals surface area (Å²) in [5, 5.41) is 13.7. The van der Waals surface area contributed by atoms with Crippen LogP contribution in [0, 0.1) is 12.3 Å². The summed E-state index contributed by atoms with van der Waals surface area (Å²) in [4.78, 5) is 0. The Bertz CT molecular complexity index is 662. The first-order valence-corrected chi connectivity index (χ1v) is 6.37. The number of nitrogens with one attached hydrogen (secondary N) is 1. The number of halogens is 1. The molecule has 102 valence electrons. The van der Waals surface area contributed by atoms with Crippen molar-refractivity contribution in [1.29, 1.82) is 0 Å². The minimum Gasteiger partial charge on any atom is -0.504 e. The highest BCUT2D eigenvalue weighted by Gasteiger charge is 2.09. The Morgan fingerprint density at radius 1 is 1.35 bits per heavy atom. The quantitative estimate of drug-likeness (QED) is 0.844. The molecule has 0 aliphatic carbocycles. The average molecular weight is 288 g/mol. The van der Waals surface area contributed by atoms with E-state index in [9.17, 15) is 5.11 Å². The van der Waals surface area contributed by atoms with Crippen LogP contribution in [0.1, 0.15) is 11.1 Å². The van der Waals surface area contributed by atoms with E-state index in [-0.39, 0.29) is 5.75 Å². The molecule has 0 atom stereocenters.